The summed E-state index contributed by atoms with van der Waals surface area (Å²) in [6.45, 7) is 7.07. The van der Waals surface area contributed by atoms with Crippen molar-refractivity contribution in [2.24, 2.45) is 0 Å². The summed E-state index contributed by atoms with van der Waals surface area (Å²) >= 11 is 5.81. The predicted molar refractivity (Wildman–Crippen MR) is 104 cm³/mol. The molecule has 0 aliphatic heterocycles. The molecule has 2 rings (SSSR count). The molecule has 27 heavy (non-hydrogen) atoms. The minimum atomic E-state index is -0.804. The van der Waals surface area contributed by atoms with Gasteiger partial charge in [-0.25, -0.2) is 0 Å². The summed E-state index contributed by atoms with van der Waals surface area (Å²) in [5, 5.41) is 0.574. The third-order valence-electron chi connectivity index (χ3n) is 4.03. The SMILES string of the molecule is Cc1cccc(O[C@H](C)C(=O)NNC(=O)[C@@H](C)Oc2ccc(Cl)cc2)c1C. The van der Waals surface area contributed by atoms with Crippen LogP contribution in [0, 0.1) is 13.8 Å². The number of hydrogen-bond acceptors (Lipinski definition) is 4. The smallest absolute Gasteiger partial charge is 0.279 e. The zero-order valence-electron chi connectivity index (χ0n) is 15.7. The normalized spacial score (nSPS) is 12.6. The molecule has 6 nitrogen and oxygen atoms in total. The molecular formula is C20H23ClN2O4. The molecule has 0 saturated carbocycles. The molecule has 0 saturated heterocycles. The van der Waals surface area contributed by atoms with Crippen LogP contribution in [0.4, 0.5) is 0 Å². The second-order valence-electron chi connectivity index (χ2n) is 6.15. The molecular weight excluding hydrogens is 368 g/mol. The summed E-state index contributed by atoms with van der Waals surface area (Å²) < 4.78 is 11.2. The third kappa shape index (κ3) is 5.89. The molecule has 0 aliphatic rings. The highest BCUT2D eigenvalue weighted by Crippen LogP contribution is 2.21. The van der Waals surface area contributed by atoms with Crippen molar-refractivity contribution in [3.05, 3.63) is 58.6 Å². The van der Waals surface area contributed by atoms with Gasteiger partial charge in [-0.05, 0) is 69.2 Å². The van der Waals surface area contributed by atoms with E-state index in [9.17, 15) is 9.59 Å². The van der Waals surface area contributed by atoms with E-state index >= 15 is 0 Å². The number of hydrazine groups is 1. The average molecular weight is 391 g/mol. The summed E-state index contributed by atoms with van der Waals surface area (Å²) in [5.74, 6) is 0.170. The van der Waals surface area contributed by atoms with Crippen LogP contribution in [0.15, 0.2) is 42.5 Å². The Bertz CT molecular complexity index is 808. The zero-order chi connectivity index (χ0) is 20.0. The minimum Gasteiger partial charge on any atom is -0.481 e. The Morgan fingerprint density at radius 1 is 0.889 bits per heavy atom. The minimum absolute atomic E-state index is 0.469. The van der Waals surface area contributed by atoms with Gasteiger partial charge in [0, 0.05) is 5.02 Å². The van der Waals surface area contributed by atoms with Crippen molar-refractivity contribution in [2.75, 3.05) is 0 Å². The van der Waals surface area contributed by atoms with Gasteiger partial charge >= 0.3 is 0 Å². The van der Waals surface area contributed by atoms with Crippen molar-refractivity contribution in [3.63, 3.8) is 0 Å². The first-order valence-corrected chi connectivity index (χ1v) is 8.90. The highest BCUT2D eigenvalue weighted by atomic mass is 35.5. The number of amides is 2. The molecule has 2 aromatic rings. The lowest BCUT2D eigenvalue weighted by Crippen LogP contribution is -2.50. The number of carbonyl (C=O) groups is 2. The number of halogens is 1. The molecule has 0 bridgehead atoms. The van der Waals surface area contributed by atoms with Crippen LogP contribution >= 0.6 is 11.6 Å². The van der Waals surface area contributed by atoms with Gasteiger partial charge < -0.3 is 9.47 Å². The molecule has 0 unspecified atom stereocenters. The zero-order valence-corrected chi connectivity index (χ0v) is 16.5. The molecule has 0 radical (unpaired) electrons. The fourth-order valence-corrected chi connectivity index (χ4v) is 2.32. The average Bonchev–Trinajstić information content (AvgIpc) is 2.64. The maximum absolute atomic E-state index is 12.2. The number of hydrogen-bond donors (Lipinski definition) is 2. The molecule has 0 fully saturated rings. The topological polar surface area (TPSA) is 76.7 Å². The first-order valence-electron chi connectivity index (χ1n) is 8.52. The summed E-state index contributed by atoms with van der Waals surface area (Å²) in [6.07, 6.45) is -1.58. The molecule has 0 spiro atoms. The molecule has 0 aromatic heterocycles. The maximum atomic E-state index is 12.2. The second kappa shape index (κ2) is 9.28. The van der Waals surface area contributed by atoms with E-state index in [4.69, 9.17) is 21.1 Å². The van der Waals surface area contributed by atoms with Gasteiger partial charge in [-0.2, -0.15) is 0 Å². The van der Waals surface area contributed by atoms with Gasteiger partial charge in [0.2, 0.25) is 0 Å². The van der Waals surface area contributed by atoms with Crippen molar-refractivity contribution in [3.8, 4) is 11.5 Å². The lowest BCUT2D eigenvalue weighted by Gasteiger charge is -2.19. The Kier molecular flexibility index (Phi) is 7.07. The lowest BCUT2D eigenvalue weighted by molar-refractivity contribution is -0.135. The lowest BCUT2D eigenvalue weighted by atomic mass is 10.1. The van der Waals surface area contributed by atoms with Gasteiger partial charge in [-0.1, -0.05) is 23.7 Å². The molecule has 2 atom stereocenters. The summed E-state index contributed by atoms with van der Waals surface area (Å²) in [4.78, 5) is 24.2. The van der Waals surface area contributed by atoms with Crippen LogP contribution in [0.5, 0.6) is 11.5 Å². The number of benzene rings is 2. The van der Waals surface area contributed by atoms with Crippen LogP contribution in [0.25, 0.3) is 0 Å². The Labute approximate surface area is 163 Å². The number of rotatable bonds is 6. The summed E-state index contributed by atoms with van der Waals surface area (Å²) in [6, 6.07) is 12.3. The predicted octanol–water partition coefficient (Wildman–Crippen LogP) is 3.34. The van der Waals surface area contributed by atoms with Gasteiger partial charge in [-0.3, -0.25) is 20.4 Å². The van der Waals surface area contributed by atoms with Crippen LogP contribution in [-0.4, -0.2) is 24.0 Å². The van der Waals surface area contributed by atoms with E-state index < -0.39 is 24.0 Å². The van der Waals surface area contributed by atoms with Gasteiger partial charge in [0.1, 0.15) is 11.5 Å². The van der Waals surface area contributed by atoms with Crippen LogP contribution in [-0.2, 0) is 9.59 Å². The first-order chi connectivity index (χ1) is 12.8. The summed E-state index contributed by atoms with van der Waals surface area (Å²) in [5.41, 5.74) is 6.72. The highest BCUT2D eigenvalue weighted by Gasteiger charge is 2.19. The molecule has 7 heteroatoms. The molecule has 2 amide bonds. The van der Waals surface area contributed by atoms with Crippen molar-refractivity contribution in [2.45, 2.75) is 39.9 Å². The number of aryl methyl sites for hydroxylation is 1. The molecule has 0 aliphatic carbocycles. The second-order valence-corrected chi connectivity index (χ2v) is 6.59. The van der Waals surface area contributed by atoms with Gasteiger partial charge in [-0.15, -0.1) is 0 Å². The van der Waals surface area contributed by atoms with E-state index in [0.29, 0.717) is 16.5 Å². The van der Waals surface area contributed by atoms with Crippen LogP contribution in [0.2, 0.25) is 5.02 Å². The van der Waals surface area contributed by atoms with E-state index in [1.165, 1.54) is 0 Å². The largest absolute Gasteiger partial charge is 0.481 e. The van der Waals surface area contributed by atoms with Gasteiger partial charge in [0.25, 0.3) is 11.8 Å². The van der Waals surface area contributed by atoms with E-state index in [2.05, 4.69) is 10.9 Å². The van der Waals surface area contributed by atoms with Crippen LogP contribution < -0.4 is 20.3 Å². The molecule has 2 aromatic carbocycles. The van der Waals surface area contributed by atoms with Crippen molar-refractivity contribution in [1.82, 2.24) is 10.9 Å². The Morgan fingerprint density at radius 2 is 1.44 bits per heavy atom. The Balaban J connectivity index is 1.83. The van der Waals surface area contributed by atoms with E-state index in [0.717, 1.165) is 11.1 Å². The quantitative estimate of drug-likeness (QED) is 0.741. The maximum Gasteiger partial charge on any atom is 0.279 e. The van der Waals surface area contributed by atoms with E-state index in [1.54, 1.807) is 44.2 Å². The highest BCUT2D eigenvalue weighted by molar-refractivity contribution is 6.30. The monoisotopic (exact) mass is 390 g/mol. The number of carbonyl (C=O) groups excluding carboxylic acids is 2. The van der Waals surface area contributed by atoms with E-state index in [-0.39, 0.29) is 0 Å². The van der Waals surface area contributed by atoms with Crippen molar-refractivity contribution >= 4 is 23.4 Å². The summed E-state index contributed by atoms with van der Waals surface area (Å²) in [7, 11) is 0. The van der Waals surface area contributed by atoms with Crippen molar-refractivity contribution in [1.29, 1.82) is 0 Å². The molecule has 144 valence electrons. The Hall–Kier alpha value is -2.73. The molecule has 2 N–H and O–H groups in total. The standard InChI is InChI=1S/C20H23ClN2O4/c1-12-6-5-7-18(13(12)2)27-15(4)20(25)23-22-19(24)14(3)26-17-10-8-16(21)9-11-17/h5-11,14-15H,1-4H3,(H,22,24)(H,23,25)/t14-,15-/m1/s1. The van der Waals surface area contributed by atoms with Crippen LogP contribution in [0.3, 0.4) is 0 Å². The molecule has 0 heterocycles. The fourth-order valence-electron chi connectivity index (χ4n) is 2.19. The van der Waals surface area contributed by atoms with Gasteiger partial charge in [0.15, 0.2) is 12.2 Å². The van der Waals surface area contributed by atoms with Crippen molar-refractivity contribution < 1.29 is 19.1 Å². The fraction of sp³-hybridized carbons (Fsp3) is 0.300. The first kappa shape index (κ1) is 20.6. The van der Waals surface area contributed by atoms with Crippen LogP contribution in [0.1, 0.15) is 25.0 Å². The number of nitrogens with one attached hydrogen (secondary N) is 2. The van der Waals surface area contributed by atoms with E-state index in [1.807, 2.05) is 26.0 Å². The number of ether oxygens (including phenoxy) is 2. The van der Waals surface area contributed by atoms with Gasteiger partial charge in [0.05, 0.1) is 0 Å². The third-order valence-corrected chi connectivity index (χ3v) is 4.28. The Morgan fingerprint density at radius 3 is 2.04 bits per heavy atom.